The van der Waals surface area contributed by atoms with E-state index in [4.69, 9.17) is 5.10 Å². The first-order valence-electron chi connectivity index (χ1n) is 8.34. The summed E-state index contributed by atoms with van der Waals surface area (Å²) in [6.45, 7) is 9.74. The van der Waals surface area contributed by atoms with E-state index in [9.17, 15) is 0 Å². The Morgan fingerprint density at radius 2 is 1.74 bits per heavy atom. The molecule has 3 rings (SSSR count). The lowest BCUT2D eigenvalue weighted by molar-refractivity contribution is 0.369. The van der Waals surface area contributed by atoms with Crippen molar-refractivity contribution >= 4 is 16.6 Å². The van der Waals surface area contributed by atoms with Gasteiger partial charge in [0.15, 0.2) is 0 Å². The number of rotatable bonds is 4. The maximum Gasteiger partial charge on any atom is 0.102 e. The molecule has 3 aromatic rings. The van der Waals surface area contributed by atoms with Crippen LogP contribution in [0.25, 0.3) is 22.2 Å². The molecule has 0 saturated heterocycles. The van der Waals surface area contributed by atoms with Gasteiger partial charge in [0, 0.05) is 17.8 Å². The second-order valence-electron chi connectivity index (χ2n) is 6.92. The molecule has 0 aliphatic heterocycles. The fourth-order valence-electron chi connectivity index (χ4n) is 2.89. The number of benzene rings is 2. The molecular weight excluding hydrogens is 282 g/mol. The second-order valence-corrected chi connectivity index (χ2v) is 6.92. The van der Waals surface area contributed by atoms with Crippen LogP contribution in [0.5, 0.6) is 0 Å². The molecule has 0 saturated carbocycles. The minimum atomic E-state index is -0.0609. The van der Waals surface area contributed by atoms with E-state index in [1.54, 1.807) is 0 Å². The van der Waals surface area contributed by atoms with Crippen molar-refractivity contribution in [1.82, 2.24) is 9.78 Å². The Balaban J connectivity index is 2.29. The van der Waals surface area contributed by atoms with E-state index < -0.39 is 0 Å². The molecule has 0 fully saturated rings. The summed E-state index contributed by atoms with van der Waals surface area (Å²) in [5.74, 6) is 0. The van der Waals surface area contributed by atoms with Crippen molar-refractivity contribution in [1.29, 1.82) is 0 Å². The molecule has 0 aliphatic carbocycles. The highest BCUT2D eigenvalue weighted by Crippen LogP contribution is 2.35. The van der Waals surface area contributed by atoms with Crippen LogP contribution < -0.4 is 5.32 Å². The molecule has 0 spiro atoms. The molecule has 0 unspecified atom stereocenters. The molecule has 0 bridgehead atoms. The maximum absolute atomic E-state index is 4.98. The lowest BCUT2D eigenvalue weighted by Gasteiger charge is -2.20. The van der Waals surface area contributed by atoms with Crippen LogP contribution in [0.15, 0.2) is 48.5 Å². The minimum Gasteiger partial charge on any atom is -0.384 e. The van der Waals surface area contributed by atoms with Gasteiger partial charge in [-0.15, -0.1) is 0 Å². The van der Waals surface area contributed by atoms with E-state index in [0.29, 0.717) is 0 Å². The van der Waals surface area contributed by atoms with Crippen molar-refractivity contribution in [3.05, 3.63) is 48.5 Å². The predicted molar refractivity (Wildman–Crippen MR) is 98.9 cm³/mol. The monoisotopic (exact) mass is 307 g/mol. The van der Waals surface area contributed by atoms with E-state index >= 15 is 0 Å². The molecule has 1 heterocycles. The summed E-state index contributed by atoms with van der Waals surface area (Å²) in [5, 5.41) is 9.75. The zero-order valence-electron chi connectivity index (χ0n) is 14.4. The van der Waals surface area contributed by atoms with Crippen molar-refractivity contribution < 1.29 is 0 Å². The SMILES string of the molecule is CCCNc1cccc2c1c(-c1ccccc1)nn2C(C)(C)C. The molecule has 1 N–H and O–H groups in total. The number of hydrogen-bond acceptors (Lipinski definition) is 2. The van der Waals surface area contributed by atoms with E-state index in [-0.39, 0.29) is 5.54 Å². The van der Waals surface area contributed by atoms with Crippen LogP contribution >= 0.6 is 0 Å². The first-order valence-corrected chi connectivity index (χ1v) is 8.34. The molecular formula is C20H25N3. The van der Waals surface area contributed by atoms with Gasteiger partial charge < -0.3 is 5.32 Å². The molecule has 1 aromatic heterocycles. The second kappa shape index (κ2) is 6.07. The Morgan fingerprint density at radius 1 is 1.00 bits per heavy atom. The van der Waals surface area contributed by atoms with E-state index in [2.05, 4.69) is 80.2 Å². The zero-order chi connectivity index (χ0) is 16.4. The van der Waals surface area contributed by atoms with Gasteiger partial charge in [-0.25, -0.2) is 0 Å². The van der Waals surface area contributed by atoms with Crippen molar-refractivity contribution in [3.8, 4) is 11.3 Å². The van der Waals surface area contributed by atoms with Crippen LogP contribution in [0.2, 0.25) is 0 Å². The highest BCUT2D eigenvalue weighted by Gasteiger charge is 2.22. The summed E-state index contributed by atoms with van der Waals surface area (Å²) in [7, 11) is 0. The summed E-state index contributed by atoms with van der Waals surface area (Å²) in [4.78, 5) is 0. The predicted octanol–water partition coefficient (Wildman–Crippen LogP) is 5.28. The van der Waals surface area contributed by atoms with Crippen LogP contribution in [0, 0.1) is 0 Å². The zero-order valence-corrected chi connectivity index (χ0v) is 14.4. The average Bonchev–Trinajstić information content (AvgIpc) is 2.94. The topological polar surface area (TPSA) is 29.9 Å². The fourth-order valence-corrected chi connectivity index (χ4v) is 2.89. The van der Waals surface area contributed by atoms with Crippen molar-refractivity contribution in [2.45, 2.75) is 39.7 Å². The van der Waals surface area contributed by atoms with Gasteiger partial charge in [0.25, 0.3) is 0 Å². The Morgan fingerprint density at radius 3 is 2.39 bits per heavy atom. The number of aromatic nitrogens is 2. The highest BCUT2D eigenvalue weighted by atomic mass is 15.3. The van der Waals surface area contributed by atoms with Gasteiger partial charge in [-0.2, -0.15) is 5.10 Å². The molecule has 3 nitrogen and oxygen atoms in total. The summed E-state index contributed by atoms with van der Waals surface area (Å²) >= 11 is 0. The first kappa shape index (κ1) is 15.6. The quantitative estimate of drug-likeness (QED) is 0.710. The molecule has 2 aromatic carbocycles. The van der Waals surface area contributed by atoms with Crippen molar-refractivity contribution in [2.75, 3.05) is 11.9 Å². The van der Waals surface area contributed by atoms with Gasteiger partial charge in [0.05, 0.1) is 16.4 Å². The van der Waals surface area contributed by atoms with Gasteiger partial charge in [-0.1, -0.05) is 43.3 Å². The van der Waals surface area contributed by atoms with Crippen LogP contribution in [0.3, 0.4) is 0 Å². The number of nitrogens with zero attached hydrogens (tertiary/aromatic N) is 2. The number of nitrogens with one attached hydrogen (secondary N) is 1. The third-order valence-corrected chi connectivity index (χ3v) is 3.96. The maximum atomic E-state index is 4.98. The largest absolute Gasteiger partial charge is 0.384 e. The Labute approximate surface area is 138 Å². The molecule has 0 aliphatic rings. The molecule has 3 heteroatoms. The van der Waals surface area contributed by atoms with Crippen LogP contribution in [-0.2, 0) is 5.54 Å². The van der Waals surface area contributed by atoms with Crippen LogP contribution in [-0.4, -0.2) is 16.3 Å². The van der Waals surface area contributed by atoms with Gasteiger partial charge in [0.1, 0.15) is 5.69 Å². The number of hydrogen-bond donors (Lipinski definition) is 1. The summed E-state index contributed by atoms with van der Waals surface area (Å²) in [5.41, 5.74) is 4.49. The molecule has 0 amide bonds. The van der Waals surface area contributed by atoms with Crippen molar-refractivity contribution in [3.63, 3.8) is 0 Å². The third-order valence-electron chi connectivity index (χ3n) is 3.96. The normalized spacial score (nSPS) is 11.8. The van der Waals surface area contributed by atoms with Crippen LogP contribution in [0.4, 0.5) is 5.69 Å². The molecule has 120 valence electrons. The van der Waals surface area contributed by atoms with Gasteiger partial charge in [0.2, 0.25) is 0 Å². The van der Waals surface area contributed by atoms with Crippen molar-refractivity contribution in [2.24, 2.45) is 0 Å². The Hall–Kier alpha value is -2.29. The fraction of sp³-hybridized carbons (Fsp3) is 0.350. The standard InChI is InChI=1S/C20H25N3/c1-5-14-21-16-12-9-13-17-18(16)19(15-10-7-6-8-11-15)22-23(17)20(2,3)4/h6-13,21H,5,14H2,1-4H3. The number of fused-ring (bicyclic) bond motifs is 1. The number of anilines is 1. The van der Waals surface area contributed by atoms with Gasteiger partial charge in [-0.05, 0) is 39.3 Å². The first-order chi connectivity index (χ1) is 11.0. The van der Waals surface area contributed by atoms with Gasteiger partial charge >= 0.3 is 0 Å². The average molecular weight is 307 g/mol. The summed E-state index contributed by atoms with van der Waals surface area (Å²) < 4.78 is 2.14. The lowest BCUT2D eigenvalue weighted by atomic mass is 10.1. The highest BCUT2D eigenvalue weighted by molar-refractivity contribution is 6.02. The Bertz CT molecular complexity index is 795. The molecule has 0 atom stereocenters. The van der Waals surface area contributed by atoms with E-state index in [0.717, 1.165) is 24.2 Å². The lowest BCUT2D eigenvalue weighted by Crippen LogP contribution is -2.22. The van der Waals surface area contributed by atoms with E-state index in [1.807, 2.05) is 6.07 Å². The smallest absolute Gasteiger partial charge is 0.102 e. The minimum absolute atomic E-state index is 0.0609. The molecule has 23 heavy (non-hydrogen) atoms. The van der Waals surface area contributed by atoms with Gasteiger partial charge in [-0.3, -0.25) is 4.68 Å². The van der Waals surface area contributed by atoms with Crippen LogP contribution in [0.1, 0.15) is 34.1 Å². The third kappa shape index (κ3) is 2.96. The summed E-state index contributed by atoms with van der Waals surface area (Å²) in [6.07, 6.45) is 1.10. The molecule has 0 radical (unpaired) electrons. The van der Waals surface area contributed by atoms with E-state index in [1.165, 1.54) is 16.6 Å². The summed E-state index contributed by atoms with van der Waals surface area (Å²) in [6, 6.07) is 16.9. The Kier molecular flexibility index (Phi) is 4.12.